The monoisotopic (exact) mass is 538 g/mol. The molecule has 5 rings (SSSR count). The zero-order chi connectivity index (χ0) is 26.8. The molecule has 38 heavy (non-hydrogen) atoms. The fourth-order valence-electron chi connectivity index (χ4n) is 4.79. The number of ether oxygens (including phenoxy) is 1. The maximum atomic E-state index is 14.5. The summed E-state index contributed by atoms with van der Waals surface area (Å²) in [5.41, 5.74) is 2.64. The van der Waals surface area contributed by atoms with Crippen molar-refractivity contribution in [2.45, 2.75) is 25.2 Å². The Bertz CT molecular complexity index is 1500. The van der Waals surface area contributed by atoms with E-state index in [0.717, 1.165) is 18.4 Å². The molecular formula is C28H25ClF2N4O3. The van der Waals surface area contributed by atoms with Crippen LogP contribution in [-0.2, 0) is 11.2 Å². The van der Waals surface area contributed by atoms with Gasteiger partial charge in [0, 0.05) is 35.6 Å². The summed E-state index contributed by atoms with van der Waals surface area (Å²) in [6, 6.07) is 13.3. The van der Waals surface area contributed by atoms with Crippen LogP contribution in [0, 0.1) is 11.6 Å². The highest BCUT2D eigenvalue weighted by atomic mass is 35.5. The minimum atomic E-state index is -0.649. The van der Waals surface area contributed by atoms with Gasteiger partial charge in [-0.1, -0.05) is 23.7 Å². The zero-order valence-electron chi connectivity index (χ0n) is 20.6. The van der Waals surface area contributed by atoms with Crippen LogP contribution < -0.4 is 10.1 Å². The minimum Gasteiger partial charge on any atom is -0.494 e. The first-order valence-electron chi connectivity index (χ1n) is 12.2. The number of anilines is 1. The molecule has 1 aliphatic rings. The number of aromatic nitrogens is 2. The van der Waals surface area contributed by atoms with Crippen LogP contribution in [0.5, 0.6) is 5.75 Å². The lowest BCUT2D eigenvalue weighted by molar-refractivity contribution is -0.115. The van der Waals surface area contributed by atoms with E-state index < -0.39 is 17.5 Å². The van der Waals surface area contributed by atoms with Crippen molar-refractivity contribution >= 4 is 34.7 Å². The zero-order valence-corrected chi connectivity index (χ0v) is 21.3. The van der Waals surface area contributed by atoms with E-state index in [4.69, 9.17) is 16.3 Å². The van der Waals surface area contributed by atoms with Gasteiger partial charge in [-0.05, 0) is 60.7 Å². The van der Waals surface area contributed by atoms with Gasteiger partial charge in [0.1, 0.15) is 17.2 Å². The van der Waals surface area contributed by atoms with Gasteiger partial charge in [0.05, 0.1) is 19.7 Å². The molecule has 1 N–H and O–H groups in total. The Morgan fingerprint density at radius 2 is 1.82 bits per heavy atom. The van der Waals surface area contributed by atoms with Crippen molar-refractivity contribution in [2.75, 3.05) is 25.5 Å². The number of benzene rings is 2. The molecular weight excluding hydrogens is 514 g/mol. The van der Waals surface area contributed by atoms with Gasteiger partial charge in [0.2, 0.25) is 5.91 Å². The lowest BCUT2D eigenvalue weighted by Crippen LogP contribution is -2.38. The number of halogens is 3. The number of nitrogens with one attached hydrogen (secondary N) is 1. The Labute approximate surface area is 223 Å². The average Bonchev–Trinajstić information content (AvgIpc) is 3.34. The second-order valence-corrected chi connectivity index (χ2v) is 9.58. The van der Waals surface area contributed by atoms with Gasteiger partial charge in [-0.25, -0.2) is 13.8 Å². The summed E-state index contributed by atoms with van der Waals surface area (Å²) in [6.45, 7) is 1.13. The summed E-state index contributed by atoms with van der Waals surface area (Å²) in [4.78, 5) is 31.5. The van der Waals surface area contributed by atoms with Gasteiger partial charge < -0.3 is 15.0 Å². The van der Waals surface area contributed by atoms with Crippen LogP contribution in [0.4, 0.5) is 14.5 Å². The topological polar surface area (TPSA) is 75.9 Å². The number of fused-ring (bicyclic) bond motifs is 1. The van der Waals surface area contributed by atoms with E-state index >= 15 is 0 Å². The molecule has 7 nitrogen and oxygen atoms in total. The summed E-state index contributed by atoms with van der Waals surface area (Å²) in [7, 11) is 1.35. The SMILES string of the molecule is COc1ccc(Cl)c(CC(=O)Nc2ccc(C3CCN(C(=O)c4cnc5ccc(F)cn45)CC3)cc2)c1F. The first-order chi connectivity index (χ1) is 18.3. The van der Waals surface area contributed by atoms with Crippen molar-refractivity contribution in [2.24, 2.45) is 0 Å². The van der Waals surface area contributed by atoms with E-state index in [2.05, 4.69) is 10.3 Å². The molecule has 3 heterocycles. The fraction of sp³-hybridized carbons (Fsp3) is 0.250. The number of likely N-dealkylation sites (tertiary alicyclic amines) is 1. The van der Waals surface area contributed by atoms with Crippen molar-refractivity contribution in [3.63, 3.8) is 0 Å². The number of imidazole rings is 1. The third kappa shape index (κ3) is 5.19. The van der Waals surface area contributed by atoms with Crippen molar-refractivity contribution in [1.29, 1.82) is 0 Å². The molecule has 0 unspecified atom stereocenters. The maximum absolute atomic E-state index is 14.5. The van der Waals surface area contributed by atoms with Crippen molar-refractivity contribution in [3.05, 3.63) is 94.4 Å². The number of carbonyl (C=O) groups is 2. The molecule has 2 aromatic carbocycles. The third-order valence-electron chi connectivity index (χ3n) is 6.84. The molecule has 0 radical (unpaired) electrons. The van der Waals surface area contributed by atoms with Crippen LogP contribution >= 0.6 is 11.6 Å². The molecule has 2 aromatic heterocycles. The quantitative estimate of drug-likeness (QED) is 0.353. The first kappa shape index (κ1) is 25.7. The lowest BCUT2D eigenvalue weighted by Gasteiger charge is -2.32. The molecule has 0 spiro atoms. The highest BCUT2D eigenvalue weighted by Crippen LogP contribution is 2.30. The molecule has 1 fully saturated rings. The molecule has 1 saturated heterocycles. The summed E-state index contributed by atoms with van der Waals surface area (Å²) in [6.07, 6.45) is 4.07. The van der Waals surface area contributed by atoms with Crippen LogP contribution in [0.1, 0.15) is 40.4 Å². The second-order valence-electron chi connectivity index (χ2n) is 9.17. The van der Waals surface area contributed by atoms with Crippen molar-refractivity contribution in [1.82, 2.24) is 14.3 Å². The Balaban J connectivity index is 1.18. The van der Waals surface area contributed by atoms with E-state index in [1.54, 1.807) is 17.0 Å². The number of methoxy groups -OCH3 is 1. The number of carbonyl (C=O) groups excluding carboxylic acids is 2. The molecule has 2 amide bonds. The number of rotatable bonds is 6. The van der Waals surface area contributed by atoms with Crippen LogP contribution in [0.2, 0.25) is 5.02 Å². The summed E-state index contributed by atoms with van der Waals surface area (Å²) in [5.74, 6) is -1.36. The van der Waals surface area contributed by atoms with Crippen LogP contribution in [0.3, 0.4) is 0 Å². The number of hydrogen-bond acceptors (Lipinski definition) is 4. The van der Waals surface area contributed by atoms with E-state index in [1.807, 2.05) is 12.1 Å². The van der Waals surface area contributed by atoms with Crippen molar-refractivity contribution < 1.29 is 23.1 Å². The summed E-state index contributed by atoms with van der Waals surface area (Å²) < 4.78 is 34.6. The molecule has 196 valence electrons. The molecule has 0 atom stereocenters. The maximum Gasteiger partial charge on any atom is 0.272 e. The van der Waals surface area contributed by atoms with E-state index in [-0.39, 0.29) is 34.6 Å². The van der Waals surface area contributed by atoms with Gasteiger partial charge in [-0.15, -0.1) is 0 Å². The number of amides is 2. The van der Waals surface area contributed by atoms with E-state index in [0.29, 0.717) is 30.1 Å². The first-order valence-corrected chi connectivity index (χ1v) is 12.5. The Hall–Kier alpha value is -3.98. The predicted octanol–water partition coefficient (Wildman–Crippen LogP) is 5.48. The number of hydrogen-bond donors (Lipinski definition) is 1. The second kappa shape index (κ2) is 10.8. The average molecular weight is 539 g/mol. The lowest BCUT2D eigenvalue weighted by atomic mass is 9.89. The van der Waals surface area contributed by atoms with Gasteiger partial charge >= 0.3 is 0 Å². The highest BCUT2D eigenvalue weighted by molar-refractivity contribution is 6.31. The van der Waals surface area contributed by atoms with Crippen LogP contribution in [0.25, 0.3) is 5.65 Å². The molecule has 0 saturated carbocycles. The Kier molecular flexibility index (Phi) is 7.28. The third-order valence-corrected chi connectivity index (χ3v) is 7.20. The predicted molar refractivity (Wildman–Crippen MR) is 140 cm³/mol. The minimum absolute atomic E-state index is 0.0294. The molecule has 10 heteroatoms. The van der Waals surface area contributed by atoms with Gasteiger partial charge in [0.15, 0.2) is 11.6 Å². The van der Waals surface area contributed by atoms with Gasteiger partial charge in [-0.3, -0.25) is 14.0 Å². The molecule has 0 aliphatic carbocycles. The van der Waals surface area contributed by atoms with Crippen LogP contribution in [-0.4, -0.2) is 46.3 Å². The summed E-state index contributed by atoms with van der Waals surface area (Å²) in [5, 5.41) is 2.94. The number of pyridine rings is 1. The highest BCUT2D eigenvalue weighted by Gasteiger charge is 2.26. The standard InChI is InChI=1S/C28H25ClF2N4O3/c1-38-24-8-7-22(29)21(27(24)31)14-26(36)33-20-5-2-17(3-6-20)18-10-12-34(13-11-18)28(37)23-15-32-25-9-4-19(30)16-35(23)25/h2-9,15-16,18H,10-14H2,1H3,(H,33,36). The van der Waals surface area contributed by atoms with E-state index in [9.17, 15) is 18.4 Å². The molecule has 0 bridgehead atoms. The van der Waals surface area contributed by atoms with Gasteiger partial charge in [-0.2, -0.15) is 0 Å². The number of piperidine rings is 1. The normalized spacial score (nSPS) is 14.1. The fourth-order valence-corrected chi connectivity index (χ4v) is 5.00. The Morgan fingerprint density at radius 1 is 1.08 bits per heavy atom. The number of nitrogens with zero attached hydrogens (tertiary/aromatic N) is 3. The Morgan fingerprint density at radius 3 is 2.53 bits per heavy atom. The largest absolute Gasteiger partial charge is 0.494 e. The molecule has 4 aromatic rings. The van der Waals surface area contributed by atoms with E-state index in [1.165, 1.54) is 48.2 Å². The smallest absolute Gasteiger partial charge is 0.272 e. The molecule has 1 aliphatic heterocycles. The summed E-state index contributed by atoms with van der Waals surface area (Å²) >= 11 is 6.08. The van der Waals surface area contributed by atoms with Crippen molar-refractivity contribution in [3.8, 4) is 5.75 Å². The van der Waals surface area contributed by atoms with Gasteiger partial charge in [0.25, 0.3) is 5.91 Å². The van der Waals surface area contributed by atoms with Crippen LogP contribution in [0.15, 0.2) is 60.9 Å².